The number of nitrogens with zero attached hydrogens (tertiary/aromatic N) is 5. The van der Waals surface area contributed by atoms with E-state index in [1.54, 1.807) is 30.1 Å². The van der Waals surface area contributed by atoms with Crippen LogP contribution in [0.5, 0.6) is 0 Å². The molecule has 6 nitrogen and oxygen atoms in total. The number of aromatic nitrogens is 4. The van der Waals surface area contributed by atoms with Crippen LogP contribution in [0.1, 0.15) is 39.0 Å². The Morgan fingerprint density at radius 1 is 1.28 bits per heavy atom. The van der Waals surface area contributed by atoms with Gasteiger partial charge in [-0.05, 0) is 31.9 Å². The van der Waals surface area contributed by atoms with E-state index in [0.717, 1.165) is 36.8 Å². The molecule has 1 unspecified atom stereocenters. The molecule has 1 aliphatic heterocycles. The SMILES string of the molecule is Cc1cnc(C2CCCN(C(=O)c3ccc(-n4ccnc4)nc3)C2)s1. The maximum absolute atomic E-state index is 12.8. The third-order valence-corrected chi connectivity index (χ3v) is 5.54. The van der Waals surface area contributed by atoms with E-state index in [4.69, 9.17) is 0 Å². The Labute approximate surface area is 150 Å². The minimum Gasteiger partial charge on any atom is -0.338 e. The van der Waals surface area contributed by atoms with E-state index >= 15 is 0 Å². The second-order valence-electron chi connectivity index (χ2n) is 6.27. The Bertz CT molecular complexity index is 856. The Morgan fingerprint density at radius 2 is 2.20 bits per heavy atom. The molecule has 0 spiro atoms. The van der Waals surface area contributed by atoms with Gasteiger partial charge in [-0.1, -0.05) is 0 Å². The smallest absolute Gasteiger partial charge is 0.255 e. The predicted molar refractivity (Wildman–Crippen MR) is 96.1 cm³/mol. The molecule has 0 N–H and O–H groups in total. The molecule has 4 rings (SSSR count). The van der Waals surface area contributed by atoms with Crippen molar-refractivity contribution < 1.29 is 4.79 Å². The predicted octanol–water partition coefficient (Wildman–Crippen LogP) is 3.05. The zero-order chi connectivity index (χ0) is 17.2. The first-order valence-electron chi connectivity index (χ1n) is 8.36. The molecule has 0 aromatic carbocycles. The molecule has 0 saturated carbocycles. The molecule has 1 aliphatic rings. The van der Waals surface area contributed by atoms with Crippen LogP contribution in [0, 0.1) is 6.92 Å². The highest BCUT2D eigenvalue weighted by molar-refractivity contribution is 7.11. The molecule has 7 heteroatoms. The number of amides is 1. The minimum absolute atomic E-state index is 0.0441. The van der Waals surface area contributed by atoms with Gasteiger partial charge in [-0.15, -0.1) is 11.3 Å². The summed E-state index contributed by atoms with van der Waals surface area (Å²) in [6.45, 7) is 3.60. The molecule has 3 aromatic heterocycles. The normalized spacial score (nSPS) is 17.6. The number of thiazole rings is 1. The number of hydrogen-bond donors (Lipinski definition) is 0. The second kappa shape index (κ2) is 6.76. The van der Waals surface area contributed by atoms with Crippen molar-refractivity contribution in [1.29, 1.82) is 0 Å². The van der Waals surface area contributed by atoms with Crippen LogP contribution in [-0.4, -0.2) is 43.4 Å². The summed E-state index contributed by atoms with van der Waals surface area (Å²) in [6.07, 6.45) is 10.9. The molecular weight excluding hydrogens is 334 g/mol. The van der Waals surface area contributed by atoms with Crippen molar-refractivity contribution in [3.05, 3.63) is 58.7 Å². The van der Waals surface area contributed by atoms with Crippen molar-refractivity contribution in [2.75, 3.05) is 13.1 Å². The summed E-state index contributed by atoms with van der Waals surface area (Å²) in [4.78, 5) is 28.9. The topological polar surface area (TPSA) is 63.9 Å². The van der Waals surface area contributed by atoms with Crippen molar-refractivity contribution in [2.45, 2.75) is 25.7 Å². The highest BCUT2D eigenvalue weighted by Gasteiger charge is 2.27. The van der Waals surface area contributed by atoms with Crippen LogP contribution in [0.25, 0.3) is 5.82 Å². The van der Waals surface area contributed by atoms with Gasteiger partial charge in [-0.3, -0.25) is 9.36 Å². The van der Waals surface area contributed by atoms with Crippen LogP contribution < -0.4 is 0 Å². The van der Waals surface area contributed by atoms with Crippen LogP contribution in [0.3, 0.4) is 0 Å². The average Bonchev–Trinajstić information content (AvgIpc) is 3.33. The van der Waals surface area contributed by atoms with Gasteiger partial charge >= 0.3 is 0 Å². The van der Waals surface area contributed by atoms with Crippen LogP contribution in [-0.2, 0) is 0 Å². The van der Waals surface area contributed by atoms with Gasteiger partial charge in [0.05, 0.1) is 10.6 Å². The molecular formula is C18H19N5OS. The first-order valence-corrected chi connectivity index (χ1v) is 9.18. The summed E-state index contributed by atoms with van der Waals surface area (Å²) >= 11 is 1.73. The number of aryl methyl sites for hydroxylation is 1. The molecule has 1 amide bonds. The maximum atomic E-state index is 12.8. The van der Waals surface area contributed by atoms with E-state index in [1.165, 1.54) is 4.88 Å². The third kappa shape index (κ3) is 3.32. The largest absolute Gasteiger partial charge is 0.338 e. The summed E-state index contributed by atoms with van der Waals surface area (Å²) in [5, 5.41) is 1.14. The Morgan fingerprint density at radius 3 is 2.88 bits per heavy atom. The molecule has 0 radical (unpaired) electrons. The number of imidazole rings is 1. The van der Waals surface area contributed by atoms with E-state index in [1.807, 2.05) is 34.0 Å². The number of likely N-dealkylation sites (tertiary alicyclic amines) is 1. The molecule has 4 heterocycles. The fraction of sp³-hybridized carbons (Fsp3) is 0.333. The summed E-state index contributed by atoms with van der Waals surface area (Å²) < 4.78 is 1.82. The van der Waals surface area contributed by atoms with E-state index in [-0.39, 0.29) is 5.91 Å². The molecule has 0 aliphatic carbocycles. The number of piperidine rings is 1. The summed E-state index contributed by atoms with van der Waals surface area (Å²) in [6, 6.07) is 3.68. The van der Waals surface area contributed by atoms with Crippen molar-refractivity contribution >= 4 is 17.2 Å². The monoisotopic (exact) mass is 353 g/mol. The lowest BCUT2D eigenvalue weighted by atomic mass is 9.98. The second-order valence-corrected chi connectivity index (χ2v) is 7.54. The number of pyridine rings is 1. The molecule has 0 bridgehead atoms. The van der Waals surface area contributed by atoms with Crippen LogP contribution in [0.15, 0.2) is 43.2 Å². The van der Waals surface area contributed by atoms with Gasteiger partial charge in [0.15, 0.2) is 0 Å². The van der Waals surface area contributed by atoms with E-state index in [9.17, 15) is 4.79 Å². The quantitative estimate of drug-likeness (QED) is 0.726. The standard InChI is InChI=1S/C18H19N5OS/c1-13-9-21-17(25-13)15-3-2-7-22(11-15)18(24)14-4-5-16(20-10-14)23-8-6-19-12-23/h4-6,8-10,12,15H,2-3,7,11H2,1H3. The fourth-order valence-electron chi connectivity index (χ4n) is 3.17. The van der Waals surface area contributed by atoms with Gasteiger partial charge < -0.3 is 4.90 Å². The molecule has 1 saturated heterocycles. The van der Waals surface area contributed by atoms with E-state index < -0.39 is 0 Å². The first kappa shape index (κ1) is 16.0. The number of carbonyl (C=O) groups is 1. The lowest BCUT2D eigenvalue weighted by Crippen LogP contribution is -2.39. The summed E-state index contributed by atoms with van der Waals surface area (Å²) in [5.74, 6) is 1.14. The summed E-state index contributed by atoms with van der Waals surface area (Å²) in [5.41, 5.74) is 0.625. The fourth-order valence-corrected chi connectivity index (χ4v) is 4.07. The van der Waals surface area contributed by atoms with Gasteiger partial charge in [0.1, 0.15) is 12.1 Å². The Kier molecular flexibility index (Phi) is 4.31. The molecule has 25 heavy (non-hydrogen) atoms. The van der Waals surface area contributed by atoms with Gasteiger partial charge in [-0.25, -0.2) is 15.0 Å². The molecule has 3 aromatic rings. The Balaban J connectivity index is 1.48. The molecule has 1 fully saturated rings. The van der Waals surface area contributed by atoms with Crippen molar-refractivity contribution in [3.63, 3.8) is 0 Å². The summed E-state index contributed by atoms with van der Waals surface area (Å²) in [7, 11) is 0. The molecule has 128 valence electrons. The van der Waals surface area contributed by atoms with Crippen molar-refractivity contribution in [1.82, 2.24) is 24.4 Å². The van der Waals surface area contributed by atoms with Gasteiger partial charge in [-0.2, -0.15) is 0 Å². The Hall–Kier alpha value is -2.54. The van der Waals surface area contributed by atoms with E-state index in [2.05, 4.69) is 21.9 Å². The minimum atomic E-state index is 0.0441. The zero-order valence-electron chi connectivity index (χ0n) is 14.0. The first-order chi connectivity index (χ1) is 12.2. The van der Waals surface area contributed by atoms with Crippen molar-refractivity contribution in [2.24, 2.45) is 0 Å². The third-order valence-electron chi connectivity index (χ3n) is 4.46. The zero-order valence-corrected chi connectivity index (χ0v) is 14.8. The average molecular weight is 353 g/mol. The van der Waals surface area contributed by atoms with Gasteiger partial charge in [0.25, 0.3) is 5.91 Å². The lowest BCUT2D eigenvalue weighted by Gasteiger charge is -2.31. The maximum Gasteiger partial charge on any atom is 0.255 e. The highest BCUT2D eigenvalue weighted by Crippen LogP contribution is 2.30. The van der Waals surface area contributed by atoms with E-state index in [0.29, 0.717) is 11.5 Å². The number of rotatable bonds is 3. The number of hydrogen-bond acceptors (Lipinski definition) is 5. The lowest BCUT2D eigenvalue weighted by molar-refractivity contribution is 0.0706. The van der Waals surface area contributed by atoms with Crippen LogP contribution >= 0.6 is 11.3 Å². The highest BCUT2D eigenvalue weighted by atomic mass is 32.1. The van der Waals surface area contributed by atoms with Crippen LogP contribution in [0.4, 0.5) is 0 Å². The van der Waals surface area contributed by atoms with Crippen molar-refractivity contribution in [3.8, 4) is 5.82 Å². The van der Waals surface area contributed by atoms with Crippen LogP contribution in [0.2, 0.25) is 0 Å². The molecule has 1 atom stereocenters. The van der Waals surface area contributed by atoms with Gasteiger partial charge in [0, 0.05) is 48.7 Å². The van der Waals surface area contributed by atoms with Gasteiger partial charge in [0.2, 0.25) is 0 Å². The number of carbonyl (C=O) groups excluding carboxylic acids is 1.